The lowest BCUT2D eigenvalue weighted by molar-refractivity contribution is -0.154. The largest absolute Gasteiger partial charge is 0.401 e. The zero-order chi connectivity index (χ0) is 18.1. The Bertz CT molecular complexity index is 577. The van der Waals surface area contributed by atoms with Crippen LogP contribution < -0.4 is 0 Å². The molecule has 2 rings (SSSR count). The number of nitrogens with one attached hydrogen (secondary N) is 1. The Morgan fingerprint density at radius 3 is 2.62 bits per heavy atom. The summed E-state index contributed by atoms with van der Waals surface area (Å²) in [4.78, 5) is 15.2. The highest BCUT2D eigenvalue weighted by Gasteiger charge is 2.39. The molecule has 1 fully saturated rings. The monoisotopic (exact) mass is 346 g/mol. The van der Waals surface area contributed by atoms with E-state index < -0.39 is 18.8 Å². The number of likely N-dealkylation sites (N-methyl/N-ethyl adjacent to an activating group) is 1. The first-order valence-electron chi connectivity index (χ1n) is 8.08. The maximum Gasteiger partial charge on any atom is 0.401 e. The van der Waals surface area contributed by atoms with Crippen LogP contribution in [0.2, 0.25) is 0 Å². The molecule has 1 aliphatic heterocycles. The summed E-state index contributed by atoms with van der Waals surface area (Å²) in [6.07, 6.45) is -3.21. The van der Waals surface area contributed by atoms with E-state index in [0.717, 1.165) is 11.4 Å². The van der Waals surface area contributed by atoms with Gasteiger partial charge in [0.25, 0.3) is 0 Å². The molecule has 5 nitrogen and oxygen atoms in total. The van der Waals surface area contributed by atoms with Gasteiger partial charge in [0.05, 0.1) is 30.5 Å². The van der Waals surface area contributed by atoms with Crippen LogP contribution in [0.5, 0.6) is 0 Å². The third kappa shape index (κ3) is 4.72. The summed E-state index contributed by atoms with van der Waals surface area (Å²) in [5, 5.41) is 7.14. The van der Waals surface area contributed by atoms with Crippen molar-refractivity contribution in [2.45, 2.75) is 57.8 Å². The Balaban J connectivity index is 2.00. The summed E-state index contributed by atoms with van der Waals surface area (Å²) in [5.41, 5.74) is 1.56. The van der Waals surface area contributed by atoms with Gasteiger partial charge in [-0.3, -0.25) is 14.8 Å². The number of nitrogens with zero attached hydrogens (tertiary/aromatic N) is 3. The molecule has 1 N–H and O–H groups in total. The SMILES string of the molecule is CN(Cc1cc(C(C)(C)C)n[nH]1)C(=O)C1CCCN1CC(F)(F)F. The van der Waals surface area contributed by atoms with E-state index in [1.54, 1.807) is 7.05 Å². The van der Waals surface area contributed by atoms with Gasteiger partial charge in [0.2, 0.25) is 5.91 Å². The minimum absolute atomic E-state index is 0.105. The summed E-state index contributed by atoms with van der Waals surface area (Å²) in [6, 6.07) is 1.20. The number of aromatic nitrogens is 2. The molecule has 1 atom stereocenters. The number of aromatic amines is 1. The highest BCUT2D eigenvalue weighted by atomic mass is 19.4. The maximum atomic E-state index is 12.6. The molecule has 0 spiro atoms. The number of hydrogen-bond donors (Lipinski definition) is 1. The van der Waals surface area contributed by atoms with E-state index in [9.17, 15) is 18.0 Å². The van der Waals surface area contributed by atoms with Gasteiger partial charge in [0, 0.05) is 12.5 Å². The van der Waals surface area contributed by atoms with E-state index in [4.69, 9.17) is 0 Å². The lowest BCUT2D eigenvalue weighted by Crippen LogP contribution is -2.46. The first kappa shape index (κ1) is 18.8. The van der Waals surface area contributed by atoms with Crippen molar-refractivity contribution in [1.29, 1.82) is 0 Å². The summed E-state index contributed by atoms with van der Waals surface area (Å²) in [6.45, 7) is 5.69. The van der Waals surface area contributed by atoms with Crippen LogP contribution in [0.15, 0.2) is 6.07 Å². The van der Waals surface area contributed by atoms with Gasteiger partial charge in [0.15, 0.2) is 0 Å². The number of hydrogen-bond acceptors (Lipinski definition) is 3. The smallest absolute Gasteiger partial charge is 0.339 e. The van der Waals surface area contributed by atoms with Gasteiger partial charge >= 0.3 is 6.18 Å². The second kappa shape index (κ2) is 6.74. The topological polar surface area (TPSA) is 52.2 Å². The zero-order valence-corrected chi connectivity index (χ0v) is 14.6. The van der Waals surface area contributed by atoms with Gasteiger partial charge in [-0.15, -0.1) is 0 Å². The van der Waals surface area contributed by atoms with Crippen molar-refractivity contribution in [3.8, 4) is 0 Å². The first-order chi connectivity index (χ1) is 11.0. The van der Waals surface area contributed by atoms with Crippen LogP contribution in [0.1, 0.15) is 45.0 Å². The molecule has 8 heteroatoms. The van der Waals surface area contributed by atoms with Gasteiger partial charge in [0.1, 0.15) is 0 Å². The van der Waals surface area contributed by atoms with E-state index in [1.807, 2.05) is 26.8 Å². The summed E-state index contributed by atoms with van der Waals surface area (Å²) in [7, 11) is 1.62. The molecule has 1 unspecified atom stereocenters. The van der Waals surface area contributed by atoms with Crippen LogP contribution >= 0.6 is 0 Å². The van der Waals surface area contributed by atoms with Crippen molar-refractivity contribution in [1.82, 2.24) is 20.0 Å². The summed E-state index contributed by atoms with van der Waals surface area (Å²) >= 11 is 0. The Morgan fingerprint density at radius 1 is 1.42 bits per heavy atom. The van der Waals surface area contributed by atoms with Crippen LogP contribution in [0.3, 0.4) is 0 Å². The average Bonchev–Trinajstić information content (AvgIpc) is 3.04. The minimum atomic E-state index is -4.29. The van der Waals surface area contributed by atoms with Gasteiger partial charge in [-0.2, -0.15) is 18.3 Å². The third-order valence-electron chi connectivity index (χ3n) is 4.21. The minimum Gasteiger partial charge on any atom is -0.339 e. The molecule has 1 aromatic rings. The molecule has 1 aromatic heterocycles. The fraction of sp³-hybridized carbons (Fsp3) is 0.750. The van der Waals surface area contributed by atoms with Crippen molar-refractivity contribution in [3.63, 3.8) is 0 Å². The van der Waals surface area contributed by atoms with Crippen LogP contribution in [-0.4, -0.2) is 58.3 Å². The Hall–Kier alpha value is -1.57. The Kier molecular flexibility index (Phi) is 5.27. The number of amides is 1. The number of alkyl halides is 3. The summed E-state index contributed by atoms with van der Waals surface area (Å²) < 4.78 is 37.9. The lowest BCUT2D eigenvalue weighted by Gasteiger charge is -2.28. The first-order valence-corrected chi connectivity index (χ1v) is 8.08. The number of H-pyrrole nitrogens is 1. The van der Waals surface area contributed by atoms with Crippen LogP contribution in [0.4, 0.5) is 13.2 Å². The van der Waals surface area contributed by atoms with Crippen LogP contribution in [0.25, 0.3) is 0 Å². The van der Waals surface area contributed by atoms with E-state index in [-0.39, 0.29) is 11.3 Å². The van der Waals surface area contributed by atoms with Crippen molar-refractivity contribution in [2.24, 2.45) is 0 Å². The fourth-order valence-corrected chi connectivity index (χ4v) is 2.94. The summed E-state index contributed by atoms with van der Waals surface area (Å²) in [5.74, 6) is -0.274. The molecule has 136 valence electrons. The average molecular weight is 346 g/mol. The molecule has 1 saturated heterocycles. The molecule has 0 aromatic carbocycles. The molecule has 1 amide bonds. The lowest BCUT2D eigenvalue weighted by atomic mass is 9.92. The van der Waals surface area contributed by atoms with E-state index in [2.05, 4.69) is 10.2 Å². The van der Waals surface area contributed by atoms with Crippen molar-refractivity contribution < 1.29 is 18.0 Å². The van der Waals surface area contributed by atoms with Crippen molar-refractivity contribution in [3.05, 3.63) is 17.5 Å². The Morgan fingerprint density at radius 2 is 2.08 bits per heavy atom. The van der Waals surface area contributed by atoms with Gasteiger partial charge in [-0.25, -0.2) is 0 Å². The molecule has 0 saturated carbocycles. The highest BCUT2D eigenvalue weighted by molar-refractivity contribution is 5.81. The maximum absolute atomic E-state index is 12.6. The molecule has 24 heavy (non-hydrogen) atoms. The number of likely N-dealkylation sites (tertiary alicyclic amines) is 1. The molecule has 2 heterocycles. The molecule has 0 bridgehead atoms. The highest BCUT2D eigenvalue weighted by Crippen LogP contribution is 2.26. The van der Waals surface area contributed by atoms with Crippen LogP contribution in [0, 0.1) is 0 Å². The number of rotatable bonds is 4. The predicted octanol–water partition coefficient (Wildman–Crippen LogP) is 2.69. The second-order valence-electron chi connectivity index (χ2n) is 7.47. The fourth-order valence-electron chi connectivity index (χ4n) is 2.94. The third-order valence-corrected chi connectivity index (χ3v) is 4.21. The zero-order valence-electron chi connectivity index (χ0n) is 14.6. The standard InChI is InChI=1S/C16H25F3N4O/c1-15(2,3)13-8-11(20-21-13)9-22(4)14(24)12-6-5-7-23(12)10-16(17,18)19/h8,12H,5-7,9-10H2,1-4H3,(H,20,21). The van der Waals surface area contributed by atoms with E-state index >= 15 is 0 Å². The van der Waals surface area contributed by atoms with Crippen LogP contribution in [-0.2, 0) is 16.8 Å². The second-order valence-corrected chi connectivity index (χ2v) is 7.47. The van der Waals surface area contributed by atoms with Gasteiger partial charge in [-0.1, -0.05) is 20.8 Å². The molecule has 0 radical (unpaired) electrons. The molecular weight excluding hydrogens is 321 g/mol. The van der Waals surface area contributed by atoms with Gasteiger partial charge in [-0.05, 0) is 25.5 Å². The van der Waals surface area contributed by atoms with Gasteiger partial charge < -0.3 is 4.90 Å². The van der Waals surface area contributed by atoms with Crippen molar-refractivity contribution >= 4 is 5.91 Å². The number of carbonyl (C=O) groups is 1. The predicted molar refractivity (Wildman–Crippen MR) is 84.4 cm³/mol. The molecule has 1 aliphatic rings. The van der Waals surface area contributed by atoms with E-state index in [0.29, 0.717) is 25.9 Å². The molecule has 0 aliphatic carbocycles. The Labute approximate surface area is 140 Å². The number of carbonyl (C=O) groups excluding carboxylic acids is 1. The van der Waals surface area contributed by atoms with Crippen molar-refractivity contribution in [2.75, 3.05) is 20.1 Å². The van der Waals surface area contributed by atoms with E-state index in [1.165, 1.54) is 9.80 Å². The quantitative estimate of drug-likeness (QED) is 0.912. The normalized spacial score (nSPS) is 19.7. The molecular formula is C16H25F3N4O. The number of halogens is 3.